The Morgan fingerprint density at radius 1 is 1.58 bits per heavy atom. The molecule has 64 valence electrons. The topological polar surface area (TPSA) is 40.9 Å². The SMILES string of the molecule is C=C/C=C\C(=C/C)C(=O)CC=N. The number of carbonyl (C=O) groups excluding carboxylic acids is 1. The Labute approximate surface area is 72.8 Å². The zero-order valence-corrected chi connectivity index (χ0v) is 7.21. The van der Waals surface area contributed by atoms with Gasteiger partial charge in [-0.3, -0.25) is 4.79 Å². The van der Waals surface area contributed by atoms with Gasteiger partial charge in [0.1, 0.15) is 0 Å². The molecule has 0 atom stereocenters. The lowest BCUT2D eigenvalue weighted by atomic mass is 10.1. The van der Waals surface area contributed by atoms with Crippen molar-refractivity contribution in [2.45, 2.75) is 13.3 Å². The Morgan fingerprint density at radius 3 is 2.67 bits per heavy atom. The van der Waals surface area contributed by atoms with Crippen molar-refractivity contribution in [3.63, 3.8) is 0 Å². The molecule has 0 saturated heterocycles. The summed E-state index contributed by atoms with van der Waals surface area (Å²) in [4.78, 5) is 11.2. The molecule has 0 fully saturated rings. The molecule has 0 radical (unpaired) electrons. The van der Waals surface area contributed by atoms with Crippen LogP contribution >= 0.6 is 0 Å². The number of allylic oxidation sites excluding steroid dienone is 5. The van der Waals surface area contributed by atoms with Crippen LogP contribution in [-0.4, -0.2) is 12.0 Å². The Hall–Kier alpha value is -1.44. The van der Waals surface area contributed by atoms with Crippen LogP contribution in [0, 0.1) is 5.41 Å². The fourth-order valence-electron chi connectivity index (χ4n) is 0.732. The molecule has 1 N–H and O–H groups in total. The van der Waals surface area contributed by atoms with E-state index in [-0.39, 0.29) is 12.2 Å². The van der Waals surface area contributed by atoms with Gasteiger partial charge in [-0.05, 0) is 6.92 Å². The standard InChI is InChI=1S/C10H13NO/c1-3-5-6-9(4-2)10(12)7-8-11/h3-6,8,11H,1,7H2,2H3/b6-5-,9-4+,11-8?. The molecule has 0 aromatic rings. The number of carbonyl (C=O) groups is 1. The first-order chi connectivity index (χ1) is 5.76. The van der Waals surface area contributed by atoms with E-state index in [0.29, 0.717) is 5.57 Å². The maximum atomic E-state index is 11.2. The van der Waals surface area contributed by atoms with Gasteiger partial charge < -0.3 is 5.41 Å². The van der Waals surface area contributed by atoms with E-state index in [4.69, 9.17) is 5.41 Å². The van der Waals surface area contributed by atoms with Gasteiger partial charge in [0.25, 0.3) is 0 Å². The maximum Gasteiger partial charge on any atom is 0.167 e. The molecule has 12 heavy (non-hydrogen) atoms. The van der Waals surface area contributed by atoms with Crippen molar-refractivity contribution in [2.75, 3.05) is 0 Å². The fraction of sp³-hybridized carbons (Fsp3) is 0.200. The van der Waals surface area contributed by atoms with Gasteiger partial charge in [0, 0.05) is 18.2 Å². The van der Waals surface area contributed by atoms with E-state index >= 15 is 0 Å². The lowest BCUT2D eigenvalue weighted by Gasteiger charge is -1.94. The van der Waals surface area contributed by atoms with E-state index in [9.17, 15) is 4.79 Å². The Balaban J connectivity index is 4.36. The van der Waals surface area contributed by atoms with Gasteiger partial charge in [0.15, 0.2) is 5.78 Å². The summed E-state index contributed by atoms with van der Waals surface area (Å²) >= 11 is 0. The summed E-state index contributed by atoms with van der Waals surface area (Å²) in [6.07, 6.45) is 8.01. The first-order valence-corrected chi connectivity index (χ1v) is 3.73. The lowest BCUT2D eigenvalue weighted by Crippen LogP contribution is -1.99. The summed E-state index contributed by atoms with van der Waals surface area (Å²) in [6.45, 7) is 5.30. The summed E-state index contributed by atoms with van der Waals surface area (Å²) in [5, 5.41) is 6.76. The van der Waals surface area contributed by atoms with E-state index in [1.54, 1.807) is 31.2 Å². The molecule has 2 nitrogen and oxygen atoms in total. The van der Waals surface area contributed by atoms with E-state index in [2.05, 4.69) is 6.58 Å². The minimum absolute atomic E-state index is 0.0365. The van der Waals surface area contributed by atoms with Crippen LogP contribution in [-0.2, 0) is 4.79 Å². The smallest absolute Gasteiger partial charge is 0.167 e. The molecule has 0 aromatic carbocycles. The Bertz CT molecular complexity index is 236. The van der Waals surface area contributed by atoms with E-state index in [1.165, 1.54) is 0 Å². The molecule has 0 heterocycles. The zero-order valence-electron chi connectivity index (χ0n) is 7.21. The number of Topliss-reactive ketones (excluding diaryl/α,β-unsaturated/α-hetero) is 1. The van der Waals surface area contributed by atoms with Crippen LogP contribution in [0.2, 0.25) is 0 Å². The highest BCUT2D eigenvalue weighted by atomic mass is 16.1. The maximum absolute atomic E-state index is 11.2. The van der Waals surface area contributed by atoms with Crippen molar-refractivity contribution in [3.05, 3.63) is 36.5 Å². The average molecular weight is 163 g/mol. The summed E-state index contributed by atoms with van der Waals surface area (Å²) in [7, 11) is 0. The Morgan fingerprint density at radius 2 is 2.25 bits per heavy atom. The number of hydrogen-bond acceptors (Lipinski definition) is 2. The summed E-state index contributed by atoms with van der Waals surface area (Å²) in [5.74, 6) is -0.0365. The molecule has 0 aromatic heterocycles. The number of ketones is 1. The van der Waals surface area contributed by atoms with Crippen molar-refractivity contribution in [3.8, 4) is 0 Å². The van der Waals surface area contributed by atoms with Gasteiger partial charge >= 0.3 is 0 Å². The second-order valence-electron chi connectivity index (χ2n) is 2.17. The van der Waals surface area contributed by atoms with Gasteiger partial charge in [0.05, 0.1) is 0 Å². The van der Waals surface area contributed by atoms with E-state index in [1.807, 2.05) is 0 Å². The van der Waals surface area contributed by atoms with E-state index in [0.717, 1.165) is 6.21 Å². The molecule has 0 bridgehead atoms. The van der Waals surface area contributed by atoms with Crippen molar-refractivity contribution in [1.82, 2.24) is 0 Å². The zero-order chi connectivity index (χ0) is 9.40. The van der Waals surface area contributed by atoms with Crippen LogP contribution in [0.15, 0.2) is 36.5 Å². The van der Waals surface area contributed by atoms with Crippen molar-refractivity contribution >= 4 is 12.0 Å². The normalized spacial score (nSPS) is 11.6. The molecule has 0 amide bonds. The lowest BCUT2D eigenvalue weighted by molar-refractivity contribution is -0.114. The fourth-order valence-corrected chi connectivity index (χ4v) is 0.732. The molecule has 0 aliphatic carbocycles. The summed E-state index contributed by atoms with van der Waals surface area (Å²) < 4.78 is 0. The predicted octanol–water partition coefficient (Wildman–Crippen LogP) is 2.28. The summed E-state index contributed by atoms with van der Waals surface area (Å²) in [6, 6.07) is 0. The molecule has 0 unspecified atom stereocenters. The third-order valence-corrected chi connectivity index (χ3v) is 1.33. The molecule has 0 saturated carbocycles. The van der Waals surface area contributed by atoms with Crippen molar-refractivity contribution < 1.29 is 4.79 Å². The first-order valence-electron chi connectivity index (χ1n) is 3.73. The molecular formula is C10H13NO. The van der Waals surface area contributed by atoms with Crippen molar-refractivity contribution in [1.29, 1.82) is 5.41 Å². The van der Waals surface area contributed by atoms with Gasteiger partial charge in [-0.2, -0.15) is 0 Å². The van der Waals surface area contributed by atoms with Crippen LogP contribution in [0.25, 0.3) is 0 Å². The van der Waals surface area contributed by atoms with Crippen LogP contribution in [0.4, 0.5) is 0 Å². The molecular weight excluding hydrogens is 150 g/mol. The molecule has 2 heteroatoms. The van der Waals surface area contributed by atoms with Gasteiger partial charge in [-0.25, -0.2) is 0 Å². The number of nitrogens with one attached hydrogen (secondary N) is 1. The van der Waals surface area contributed by atoms with Crippen molar-refractivity contribution in [2.24, 2.45) is 0 Å². The van der Waals surface area contributed by atoms with Gasteiger partial charge in [0.2, 0.25) is 0 Å². The third-order valence-electron chi connectivity index (χ3n) is 1.33. The highest BCUT2D eigenvalue weighted by Crippen LogP contribution is 2.01. The average Bonchev–Trinajstić information content (AvgIpc) is 2.06. The minimum atomic E-state index is -0.0365. The third kappa shape index (κ3) is 3.66. The Kier molecular flexibility index (Phi) is 5.53. The van der Waals surface area contributed by atoms with Gasteiger partial charge in [-0.15, -0.1) is 0 Å². The first kappa shape index (κ1) is 10.6. The quantitative estimate of drug-likeness (QED) is 0.377. The van der Waals surface area contributed by atoms with Crippen LogP contribution in [0.3, 0.4) is 0 Å². The highest BCUT2D eigenvalue weighted by molar-refractivity contribution is 6.04. The van der Waals surface area contributed by atoms with Crippen LogP contribution < -0.4 is 0 Å². The molecule has 0 rings (SSSR count). The predicted molar refractivity (Wildman–Crippen MR) is 51.5 cm³/mol. The van der Waals surface area contributed by atoms with Crippen LogP contribution in [0.1, 0.15) is 13.3 Å². The minimum Gasteiger partial charge on any atom is -0.313 e. The van der Waals surface area contributed by atoms with E-state index < -0.39 is 0 Å². The molecule has 0 spiro atoms. The largest absolute Gasteiger partial charge is 0.313 e. The number of hydrogen-bond donors (Lipinski definition) is 1. The molecule has 0 aliphatic heterocycles. The highest BCUT2D eigenvalue weighted by Gasteiger charge is 2.01. The van der Waals surface area contributed by atoms with Gasteiger partial charge in [-0.1, -0.05) is 30.9 Å². The molecule has 0 aliphatic rings. The number of rotatable bonds is 5. The second-order valence-corrected chi connectivity index (χ2v) is 2.17. The van der Waals surface area contributed by atoms with Crippen LogP contribution in [0.5, 0.6) is 0 Å². The second kappa shape index (κ2) is 6.28. The monoisotopic (exact) mass is 163 g/mol. The summed E-state index contributed by atoms with van der Waals surface area (Å²) in [5.41, 5.74) is 0.624.